The maximum Gasteiger partial charge on any atom is 0.420 e. The van der Waals surface area contributed by atoms with Gasteiger partial charge in [0.2, 0.25) is 0 Å². The van der Waals surface area contributed by atoms with Crippen LogP contribution >= 0.6 is 0 Å². The molecule has 2 aromatic rings. The molecule has 3 N–H and O–H groups in total. The van der Waals surface area contributed by atoms with Crippen molar-refractivity contribution in [1.82, 2.24) is 10.3 Å². The minimum Gasteiger partial charge on any atom is -0.505 e. The largest absolute Gasteiger partial charge is 0.505 e. The van der Waals surface area contributed by atoms with Gasteiger partial charge in [0.1, 0.15) is 11.7 Å². The zero-order valence-corrected chi connectivity index (χ0v) is 15.3. The average molecular weight is 412 g/mol. The Balaban J connectivity index is 1.94. The summed E-state index contributed by atoms with van der Waals surface area (Å²) in [7, 11) is 0. The molecule has 0 spiro atoms. The molecule has 5 nitrogen and oxygen atoms in total. The second kappa shape index (κ2) is 7.98. The number of halogens is 4. The molecule has 3 rings (SSSR count). The maximum atomic E-state index is 13.6. The molecule has 0 radical (unpaired) electrons. The number of carbonyl (C=O) groups is 1. The lowest BCUT2D eigenvalue weighted by molar-refractivity contribution is -0.138. The lowest BCUT2D eigenvalue weighted by atomic mass is 9.76. The van der Waals surface area contributed by atoms with Crippen molar-refractivity contribution in [3.8, 4) is 5.75 Å². The first-order chi connectivity index (χ1) is 13.6. The number of aromatic hydroxyl groups is 1. The van der Waals surface area contributed by atoms with Crippen LogP contribution in [0.4, 0.5) is 17.6 Å². The van der Waals surface area contributed by atoms with Crippen LogP contribution < -0.4 is 5.32 Å². The van der Waals surface area contributed by atoms with Crippen molar-refractivity contribution in [3.63, 3.8) is 0 Å². The number of aromatic nitrogens is 1. The monoisotopic (exact) mass is 412 g/mol. The predicted molar refractivity (Wildman–Crippen MR) is 95.9 cm³/mol. The number of rotatable bonds is 4. The SMILES string of the molecule is O=C(NC(c1ccccc1)C1(O)CCC(F)CC1)c1nccc(C(F)(F)F)c1O. The Morgan fingerprint density at radius 2 is 1.79 bits per heavy atom. The third-order valence-electron chi connectivity index (χ3n) is 5.17. The Hall–Kier alpha value is -2.68. The molecule has 9 heteroatoms. The molecule has 0 bridgehead atoms. The summed E-state index contributed by atoms with van der Waals surface area (Å²) in [6.45, 7) is 0. The first kappa shape index (κ1) is 21.0. The topological polar surface area (TPSA) is 82.5 Å². The van der Waals surface area contributed by atoms with Crippen LogP contribution in [-0.4, -0.2) is 32.9 Å². The minimum absolute atomic E-state index is 0.0655. The molecule has 156 valence electrons. The van der Waals surface area contributed by atoms with Gasteiger partial charge >= 0.3 is 6.18 Å². The number of aliphatic hydroxyl groups is 1. The summed E-state index contributed by atoms with van der Waals surface area (Å²) < 4.78 is 52.6. The average Bonchev–Trinajstić information content (AvgIpc) is 2.68. The minimum atomic E-state index is -4.86. The number of alkyl halides is 4. The number of benzene rings is 1. The number of amides is 1. The van der Waals surface area contributed by atoms with Gasteiger partial charge in [0.05, 0.1) is 11.6 Å². The van der Waals surface area contributed by atoms with E-state index in [1.165, 1.54) is 0 Å². The molecule has 1 amide bonds. The van der Waals surface area contributed by atoms with E-state index in [9.17, 15) is 32.6 Å². The van der Waals surface area contributed by atoms with Gasteiger partial charge in [-0.05, 0) is 37.3 Å². The fourth-order valence-corrected chi connectivity index (χ4v) is 3.59. The van der Waals surface area contributed by atoms with E-state index < -0.39 is 46.9 Å². The van der Waals surface area contributed by atoms with Crippen molar-refractivity contribution >= 4 is 5.91 Å². The van der Waals surface area contributed by atoms with Crippen molar-refractivity contribution in [3.05, 3.63) is 59.4 Å². The molecule has 29 heavy (non-hydrogen) atoms. The molecule has 1 aliphatic carbocycles. The number of nitrogens with one attached hydrogen (secondary N) is 1. The van der Waals surface area contributed by atoms with Gasteiger partial charge < -0.3 is 15.5 Å². The Bertz CT molecular complexity index is 866. The smallest absolute Gasteiger partial charge is 0.420 e. The molecule has 0 saturated heterocycles. The lowest BCUT2D eigenvalue weighted by Gasteiger charge is -2.40. The van der Waals surface area contributed by atoms with Crippen molar-refractivity contribution < 1.29 is 32.6 Å². The normalized spacial score (nSPS) is 23.4. The van der Waals surface area contributed by atoms with Crippen LogP contribution in [0.25, 0.3) is 0 Å². The lowest BCUT2D eigenvalue weighted by Crippen LogP contribution is -2.48. The zero-order valence-electron chi connectivity index (χ0n) is 15.3. The summed E-state index contributed by atoms with van der Waals surface area (Å²) in [4.78, 5) is 16.3. The zero-order chi connectivity index (χ0) is 21.2. The van der Waals surface area contributed by atoms with E-state index in [1.54, 1.807) is 30.3 Å². The molecule has 1 fully saturated rings. The van der Waals surface area contributed by atoms with Crippen LogP contribution in [0.1, 0.15) is 53.3 Å². The van der Waals surface area contributed by atoms with Gasteiger partial charge in [-0.25, -0.2) is 9.37 Å². The number of pyridine rings is 1. The van der Waals surface area contributed by atoms with Crippen LogP contribution in [-0.2, 0) is 6.18 Å². The third kappa shape index (κ3) is 4.50. The number of carbonyl (C=O) groups excluding carboxylic acids is 1. The Morgan fingerprint density at radius 1 is 1.17 bits per heavy atom. The van der Waals surface area contributed by atoms with E-state index in [0.717, 1.165) is 6.20 Å². The molecule has 1 unspecified atom stereocenters. The van der Waals surface area contributed by atoms with Crippen LogP contribution in [0.5, 0.6) is 5.75 Å². The van der Waals surface area contributed by atoms with E-state index >= 15 is 0 Å². The highest BCUT2D eigenvalue weighted by molar-refractivity contribution is 5.95. The van der Waals surface area contributed by atoms with Gasteiger partial charge in [-0.2, -0.15) is 13.2 Å². The second-order valence-corrected chi connectivity index (χ2v) is 7.15. The molecule has 1 aliphatic rings. The molecule has 1 aromatic heterocycles. The van der Waals surface area contributed by atoms with Gasteiger partial charge in [-0.3, -0.25) is 4.79 Å². The van der Waals surface area contributed by atoms with Gasteiger partial charge in [-0.15, -0.1) is 0 Å². The summed E-state index contributed by atoms with van der Waals surface area (Å²) in [5.74, 6) is -2.36. The van der Waals surface area contributed by atoms with Crippen LogP contribution in [0, 0.1) is 0 Å². The van der Waals surface area contributed by atoms with Crippen LogP contribution in [0.3, 0.4) is 0 Å². The fraction of sp³-hybridized carbons (Fsp3) is 0.400. The third-order valence-corrected chi connectivity index (χ3v) is 5.17. The highest BCUT2D eigenvalue weighted by atomic mass is 19.4. The van der Waals surface area contributed by atoms with Crippen LogP contribution in [0.2, 0.25) is 0 Å². The predicted octanol–water partition coefficient (Wildman–Crippen LogP) is 3.92. The Morgan fingerprint density at radius 3 is 2.38 bits per heavy atom. The van der Waals surface area contributed by atoms with Crippen molar-refractivity contribution in [2.45, 2.75) is 49.7 Å². The Kier molecular flexibility index (Phi) is 5.79. The summed E-state index contributed by atoms with van der Waals surface area (Å²) in [6.07, 6.45) is -4.81. The highest BCUT2D eigenvalue weighted by Crippen LogP contribution is 2.40. The molecule has 1 aromatic carbocycles. The van der Waals surface area contributed by atoms with Crippen LogP contribution in [0.15, 0.2) is 42.6 Å². The van der Waals surface area contributed by atoms with Gasteiger partial charge in [0, 0.05) is 6.20 Å². The maximum absolute atomic E-state index is 13.6. The number of nitrogens with zero attached hydrogens (tertiary/aromatic N) is 1. The van der Waals surface area contributed by atoms with Crippen molar-refractivity contribution in [2.75, 3.05) is 0 Å². The first-order valence-corrected chi connectivity index (χ1v) is 9.09. The summed E-state index contributed by atoms with van der Waals surface area (Å²) in [6, 6.07) is 7.92. The van der Waals surface area contributed by atoms with E-state index in [-0.39, 0.29) is 25.7 Å². The standard InChI is InChI=1S/C20H20F4N2O3/c21-13-6-9-19(29,10-7-13)17(12-4-2-1-3-5-12)26-18(28)15-16(27)14(8-11-25-15)20(22,23)24/h1-5,8,11,13,17,27,29H,6-7,9-10H2,(H,26,28). The molecule has 1 atom stereocenters. The molecular weight excluding hydrogens is 392 g/mol. The number of hydrogen-bond donors (Lipinski definition) is 3. The van der Waals surface area contributed by atoms with Crippen molar-refractivity contribution in [1.29, 1.82) is 0 Å². The Labute approximate surface area is 164 Å². The van der Waals surface area contributed by atoms with Gasteiger partial charge in [0.25, 0.3) is 5.91 Å². The van der Waals surface area contributed by atoms with E-state index in [0.29, 0.717) is 11.6 Å². The highest BCUT2D eigenvalue weighted by Gasteiger charge is 2.43. The summed E-state index contributed by atoms with van der Waals surface area (Å²) >= 11 is 0. The summed E-state index contributed by atoms with van der Waals surface area (Å²) in [5, 5.41) is 23.5. The second-order valence-electron chi connectivity index (χ2n) is 7.15. The molecule has 1 heterocycles. The molecule has 1 saturated carbocycles. The van der Waals surface area contributed by atoms with E-state index in [2.05, 4.69) is 10.3 Å². The van der Waals surface area contributed by atoms with Gasteiger partial charge in [0.15, 0.2) is 11.4 Å². The van der Waals surface area contributed by atoms with Gasteiger partial charge in [-0.1, -0.05) is 30.3 Å². The van der Waals surface area contributed by atoms with Crippen molar-refractivity contribution in [2.24, 2.45) is 0 Å². The fourth-order valence-electron chi connectivity index (χ4n) is 3.59. The molecule has 0 aliphatic heterocycles. The quantitative estimate of drug-likeness (QED) is 0.665. The number of hydrogen-bond acceptors (Lipinski definition) is 4. The first-order valence-electron chi connectivity index (χ1n) is 9.09. The molecular formula is C20H20F4N2O3. The van der Waals surface area contributed by atoms with E-state index in [4.69, 9.17) is 0 Å². The summed E-state index contributed by atoms with van der Waals surface area (Å²) in [5.41, 5.74) is -3.17. The van der Waals surface area contributed by atoms with E-state index in [1.807, 2.05) is 0 Å².